The van der Waals surface area contributed by atoms with Gasteiger partial charge in [-0.3, -0.25) is 10.1 Å². The molecular weight excluding hydrogens is 256 g/mol. The average Bonchev–Trinajstić information content (AvgIpc) is 2.41. The highest BCUT2D eigenvalue weighted by Crippen LogP contribution is 2.26. The molecule has 0 heterocycles. The number of nitrogens with one attached hydrogen (secondary N) is 1. The first-order valence-corrected chi connectivity index (χ1v) is 6.28. The van der Waals surface area contributed by atoms with Gasteiger partial charge in [0.05, 0.1) is 4.92 Å². The molecule has 2 rings (SSSR count). The summed E-state index contributed by atoms with van der Waals surface area (Å²) in [4.78, 5) is 10.6. The Morgan fingerprint density at radius 2 is 1.85 bits per heavy atom. The van der Waals surface area contributed by atoms with E-state index in [9.17, 15) is 15.2 Å². The van der Waals surface area contributed by atoms with Gasteiger partial charge >= 0.3 is 0 Å². The monoisotopic (exact) mass is 272 g/mol. The predicted octanol–water partition coefficient (Wildman–Crippen LogP) is 3.78. The summed E-state index contributed by atoms with van der Waals surface area (Å²) in [5, 5.41) is 23.4. The van der Waals surface area contributed by atoms with Gasteiger partial charge in [-0.25, -0.2) is 0 Å². The SMILES string of the molecule is Cc1ccc(C(C)Nc2ccc(O)cc2)cc1[N+](=O)[O-]. The van der Waals surface area contributed by atoms with Crippen molar-refractivity contribution >= 4 is 11.4 Å². The lowest BCUT2D eigenvalue weighted by Crippen LogP contribution is -2.07. The third-order valence-electron chi connectivity index (χ3n) is 3.18. The maximum absolute atomic E-state index is 10.9. The first-order valence-electron chi connectivity index (χ1n) is 6.28. The third-order valence-corrected chi connectivity index (χ3v) is 3.18. The van der Waals surface area contributed by atoms with Crippen LogP contribution in [0.25, 0.3) is 0 Å². The largest absolute Gasteiger partial charge is 0.508 e. The molecule has 20 heavy (non-hydrogen) atoms. The third kappa shape index (κ3) is 3.06. The molecule has 5 heteroatoms. The van der Waals surface area contributed by atoms with E-state index < -0.39 is 0 Å². The maximum Gasteiger partial charge on any atom is 0.272 e. The van der Waals surface area contributed by atoms with Crippen molar-refractivity contribution in [3.8, 4) is 5.75 Å². The molecule has 104 valence electrons. The van der Waals surface area contributed by atoms with Crippen LogP contribution in [0.2, 0.25) is 0 Å². The minimum absolute atomic E-state index is 0.0705. The lowest BCUT2D eigenvalue weighted by atomic mass is 10.0. The Morgan fingerprint density at radius 1 is 1.20 bits per heavy atom. The first-order chi connectivity index (χ1) is 9.47. The molecule has 2 aromatic rings. The molecule has 2 N–H and O–H groups in total. The molecule has 0 radical (unpaired) electrons. The van der Waals surface area contributed by atoms with Crippen molar-refractivity contribution in [1.82, 2.24) is 0 Å². The van der Waals surface area contributed by atoms with Gasteiger partial charge in [-0.15, -0.1) is 0 Å². The van der Waals surface area contributed by atoms with Crippen molar-refractivity contribution in [3.63, 3.8) is 0 Å². The van der Waals surface area contributed by atoms with Crippen LogP contribution >= 0.6 is 0 Å². The van der Waals surface area contributed by atoms with Crippen molar-refractivity contribution in [2.45, 2.75) is 19.9 Å². The van der Waals surface area contributed by atoms with Crippen LogP contribution in [-0.2, 0) is 0 Å². The van der Waals surface area contributed by atoms with E-state index in [-0.39, 0.29) is 22.4 Å². The van der Waals surface area contributed by atoms with Crippen LogP contribution in [0.4, 0.5) is 11.4 Å². The average molecular weight is 272 g/mol. The minimum Gasteiger partial charge on any atom is -0.508 e. The number of anilines is 1. The van der Waals surface area contributed by atoms with Crippen LogP contribution < -0.4 is 5.32 Å². The molecule has 0 aliphatic rings. The van der Waals surface area contributed by atoms with Crippen LogP contribution in [0.15, 0.2) is 42.5 Å². The molecule has 0 aromatic heterocycles. The highest BCUT2D eigenvalue weighted by atomic mass is 16.6. The summed E-state index contributed by atoms with van der Waals surface area (Å²) in [5.74, 6) is 0.203. The van der Waals surface area contributed by atoms with E-state index in [0.29, 0.717) is 5.56 Å². The number of nitro groups is 1. The molecule has 1 unspecified atom stereocenters. The predicted molar refractivity (Wildman–Crippen MR) is 78.0 cm³/mol. The number of phenols is 1. The van der Waals surface area contributed by atoms with Crippen LogP contribution in [0, 0.1) is 17.0 Å². The standard InChI is InChI=1S/C15H16N2O3/c1-10-3-4-12(9-15(10)17(19)20)11(2)16-13-5-7-14(18)8-6-13/h3-9,11,16,18H,1-2H3. The van der Waals surface area contributed by atoms with Gasteiger partial charge in [-0.2, -0.15) is 0 Å². The lowest BCUT2D eigenvalue weighted by molar-refractivity contribution is -0.385. The van der Waals surface area contributed by atoms with Gasteiger partial charge in [0.25, 0.3) is 5.69 Å². The van der Waals surface area contributed by atoms with E-state index in [1.807, 2.05) is 13.0 Å². The second kappa shape index (κ2) is 5.61. The summed E-state index contributed by atoms with van der Waals surface area (Å²) in [6.07, 6.45) is 0. The Kier molecular flexibility index (Phi) is 3.89. The molecule has 0 aliphatic heterocycles. The number of aryl methyl sites for hydroxylation is 1. The van der Waals surface area contributed by atoms with Crippen molar-refractivity contribution < 1.29 is 10.0 Å². The fourth-order valence-electron chi connectivity index (χ4n) is 1.98. The molecule has 0 spiro atoms. The Balaban J connectivity index is 2.20. The highest BCUT2D eigenvalue weighted by Gasteiger charge is 2.14. The summed E-state index contributed by atoms with van der Waals surface area (Å²) in [7, 11) is 0. The molecule has 0 fully saturated rings. The number of hydrogen-bond donors (Lipinski definition) is 2. The van der Waals surface area contributed by atoms with Crippen LogP contribution in [0.5, 0.6) is 5.75 Å². The maximum atomic E-state index is 10.9. The molecule has 0 amide bonds. The van der Waals surface area contributed by atoms with E-state index in [1.54, 1.807) is 43.3 Å². The summed E-state index contributed by atoms with van der Waals surface area (Å²) < 4.78 is 0. The summed E-state index contributed by atoms with van der Waals surface area (Å²) in [6, 6.07) is 11.8. The summed E-state index contributed by atoms with van der Waals surface area (Å²) in [5.41, 5.74) is 2.46. The van der Waals surface area contributed by atoms with Crippen LogP contribution in [-0.4, -0.2) is 10.0 Å². The molecule has 0 aliphatic carbocycles. The number of nitro benzene ring substituents is 1. The van der Waals surface area contributed by atoms with Gasteiger partial charge < -0.3 is 10.4 Å². The Morgan fingerprint density at radius 3 is 2.45 bits per heavy atom. The number of aromatic hydroxyl groups is 1. The van der Waals surface area contributed by atoms with E-state index >= 15 is 0 Å². The summed E-state index contributed by atoms with van der Waals surface area (Å²) in [6.45, 7) is 3.65. The Labute approximate surface area is 117 Å². The van der Waals surface area contributed by atoms with Crippen molar-refractivity contribution in [2.24, 2.45) is 0 Å². The van der Waals surface area contributed by atoms with Gasteiger partial charge in [0.15, 0.2) is 0 Å². The van der Waals surface area contributed by atoms with Crippen molar-refractivity contribution in [1.29, 1.82) is 0 Å². The minimum atomic E-state index is -0.369. The van der Waals surface area contributed by atoms with E-state index in [4.69, 9.17) is 0 Å². The van der Waals surface area contributed by atoms with Crippen LogP contribution in [0.1, 0.15) is 24.1 Å². The molecule has 2 aromatic carbocycles. The first kappa shape index (κ1) is 13.9. The normalized spacial score (nSPS) is 11.9. The van der Waals surface area contributed by atoms with E-state index in [0.717, 1.165) is 11.3 Å². The second-order valence-electron chi connectivity index (χ2n) is 4.72. The van der Waals surface area contributed by atoms with Crippen molar-refractivity contribution in [2.75, 3.05) is 5.32 Å². The molecule has 5 nitrogen and oxygen atoms in total. The van der Waals surface area contributed by atoms with Gasteiger partial charge in [0, 0.05) is 23.4 Å². The fraction of sp³-hybridized carbons (Fsp3) is 0.200. The number of hydrogen-bond acceptors (Lipinski definition) is 4. The van der Waals surface area contributed by atoms with Gasteiger partial charge in [0.2, 0.25) is 0 Å². The quantitative estimate of drug-likeness (QED) is 0.504. The van der Waals surface area contributed by atoms with Gasteiger partial charge in [0.1, 0.15) is 5.75 Å². The lowest BCUT2D eigenvalue weighted by Gasteiger charge is -2.16. The van der Waals surface area contributed by atoms with Crippen LogP contribution in [0.3, 0.4) is 0 Å². The smallest absolute Gasteiger partial charge is 0.272 e. The molecule has 0 saturated carbocycles. The molecular formula is C15H16N2O3. The summed E-state index contributed by atoms with van der Waals surface area (Å²) >= 11 is 0. The molecule has 0 saturated heterocycles. The topological polar surface area (TPSA) is 75.4 Å². The Bertz CT molecular complexity index is 624. The molecule has 0 bridgehead atoms. The highest BCUT2D eigenvalue weighted by molar-refractivity contribution is 5.50. The second-order valence-corrected chi connectivity index (χ2v) is 4.72. The number of nitrogens with zero attached hydrogens (tertiary/aromatic N) is 1. The van der Waals surface area contributed by atoms with E-state index in [1.165, 1.54) is 0 Å². The van der Waals surface area contributed by atoms with E-state index in [2.05, 4.69) is 5.32 Å². The Hall–Kier alpha value is -2.56. The zero-order valence-corrected chi connectivity index (χ0v) is 11.3. The zero-order chi connectivity index (χ0) is 14.7. The van der Waals surface area contributed by atoms with Crippen molar-refractivity contribution in [3.05, 3.63) is 63.7 Å². The fourth-order valence-corrected chi connectivity index (χ4v) is 1.98. The molecule has 1 atom stereocenters. The zero-order valence-electron chi connectivity index (χ0n) is 11.3. The number of phenolic OH excluding ortho intramolecular Hbond substituents is 1. The van der Waals surface area contributed by atoms with Gasteiger partial charge in [-0.05, 0) is 43.7 Å². The van der Waals surface area contributed by atoms with Gasteiger partial charge in [-0.1, -0.05) is 12.1 Å². The number of benzene rings is 2. The number of rotatable bonds is 4.